The van der Waals surface area contributed by atoms with E-state index in [1.807, 2.05) is 6.92 Å². The molecule has 1 aromatic carbocycles. The molecular formula is C12H13BrN2O3S2. The molecule has 0 amide bonds. The molecule has 0 saturated carbocycles. The first-order valence-corrected chi connectivity index (χ1v) is 8.65. The number of methoxy groups -OCH3 is 1. The summed E-state index contributed by atoms with van der Waals surface area (Å²) in [6.45, 7) is 1.83. The van der Waals surface area contributed by atoms with Gasteiger partial charge in [0.1, 0.15) is 9.96 Å². The van der Waals surface area contributed by atoms with Gasteiger partial charge in [0.15, 0.2) is 0 Å². The molecule has 3 N–H and O–H groups in total. The number of halogens is 1. The maximum Gasteiger partial charge on any atom is 0.271 e. The number of nitrogens with two attached hydrogens (primary N) is 1. The summed E-state index contributed by atoms with van der Waals surface area (Å²) in [5.41, 5.74) is 7.31. The second-order valence-corrected chi connectivity index (χ2v) is 8.37. The van der Waals surface area contributed by atoms with E-state index in [1.54, 1.807) is 18.2 Å². The molecule has 1 aromatic heterocycles. The van der Waals surface area contributed by atoms with Crippen LogP contribution in [0, 0.1) is 6.92 Å². The van der Waals surface area contributed by atoms with Crippen molar-refractivity contribution in [2.75, 3.05) is 17.6 Å². The van der Waals surface area contributed by atoms with Crippen molar-refractivity contribution in [2.24, 2.45) is 0 Å². The zero-order valence-corrected chi connectivity index (χ0v) is 14.0. The van der Waals surface area contributed by atoms with Crippen LogP contribution in [0.15, 0.2) is 32.3 Å². The Labute approximate surface area is 129 Å². The summed E-state index contributed by atoms with van der Waals surface area (Å²) in [6, 6.07) is 6.38. The van der Waals surface area contributed by atoms with Crippen molar-refractivity contribution in [3.63, 3.8) is 0 Å². The number of benzene rings is 1. The number of sulfonamides is 1. The number of hydrogen-bond donors (Lipinski definition) is 2. The van der Waals surface area contributed by atoms with Crippen LogP contribution >= 0.6 is 27.3 Å². The first-order chi connectivity index (χ1) is 9.33. The van der Waals surface area contributed by atoms with Crippen LogP contribution in [0.1, 0.15) is 5.56 Å². The van der Waals surface area contributed by atoms with E-state index in [-0.39, 0.29) is 4.21 Å². The van der Waals surface area contributed by atoms with Gasteiger partial charge in [0.25, 0.3) is 10.0 Å². The van der Waals surface area contributed by atoms with E-state index in [9.17, 15) is 8.42 Å². The van der Waals surface area contributed by atoms with Crippen molar-refractivity contribution < 1.29 is 13.2 Å². The molecule has 108 valence electrons. The van der Waals surface area contributed by atoms with E-state index in [1.165, 1.54) is 13.2 Å². The number of rotatable bonds is 4. The van der Waals surface area contributed by atoms with Crippen LogP contribution in [0.2, 0.25) is 0 Å². The summed E-state index contributed by atoms with van der Waals surface area (Å²) in [6.07, 6.45) is 0. The second-order valence-electron chi connectivity index (χ2n) is 4.09. The standard InChI is InChI=1S/C12H13BrN2O3S2/c1-7-5-11(19-12(7)13)20(16,17)15-9-6-8(14)3-4-10(9)18-2/h3-6,15H,14H2,1-2H3. The fourth-order valence-electron chi connectivity index (χ4n) is 1.56. The molecule has 2 rings (SSSR count). The topological polar surface area (TPSA) is 81.4 Å². The number of hydrogen-bond acceptors (Lipinski definition) is 5. The average Bonchev–Trinajstić information content (AvgIpc) is 2.70. The largest absolute Gasteiger partial charge is 0.495 e. The Morgan fingerprint density at radius 3 is 2.60 bits per heavy atom. The Morgan fingerprint density at radius 2 is 2.05 bits per heavy atom. The van der Waals surface area contributed by atoms with E-state index in [4.69, 9.17) is 10.5 Å². The van der Waals surface area contributed by atoms with Crippen molar-refractivity contribution in [3.05, 3.63) is 33.6 Å². The predicted molar refractivity (Wildman–Crippen MR) is 85.0 cm³/mol. The van der Waals surface area contributed by atoms with Crippen molar-refractivity contribution in [2.45, 2.75) is 11.1 Å². The first-order valence-electron chi connectivity index (χ1n) is 5.56. The van der Waals surface area contributed by atoms with Crippen molar-refractivity contribution in [1.82, 2.24) is 0 Å². The Kier molecular flexibility index (Phi) is 4.26. The quantitative estimate of drug-likeness (QED) is 0.802. The van der Waals surface area contributed by atoms with Gasteiger partial charge < -0.3 is 10.5 Å². The predicted octanol–water partition coefficient (Wildman–Crippen LogP) is 3.21. The molecule has 1 heterocycles. The van der Waals surface area contributed by atoms with Gasteiger partial charge in [0.2, 0.25) is 0 Å². The summed E-state index contributed by atoms with van der Waals surface area (Å²) in [5, 5.41) is 0. The van der Waals surface area contributed by atoms with Crippen LogP contribution in [0.4, 0.5) is 11.4 Å². The van der Waals surface area contributed by atoms with Crippen molar-refractivity contribution >= 4 is 48.7 Å². The Morgan fingerprint density at radius 1 is 1.35 bits per heavy atom. The van der Waals surface area contributed by atoms with Crippen molar-refractivity contribution in [3.8, 4) is 5.75 Å². The number of nitrogens with one attached hydrogen (secondary N) is 1. The van der Waals surface area contributed by atoms with E-state index in [0.717, 1.165) is 20.7 Å². The minimum Gasteiger partial charge on any atom is -0.495 e. The molecule has 0 bridgehead atoms. The van der Waals surface area contributed by atoms with Crippen molar-refractivity contribution in [1.29, 1.82) is 0 Å². The lowest BCUT2D eigenvalue weighted by Gasteiger charge is -2.11. The number of ether oxygens (including phenoxy) is 1. The second kappa shape index (κ2) is 5.63. The summed E-state index contributed by atoms with van der Waals surface area (Å²) in [5.74, 6) is 0.412. The summed E-state index contributed by atoms with van der Waals surface area (Å²) < 4.78 is 33.3. The van der Waals surface area contributed by atoms with Gasteiger partial charge in [-0.05, 0) is 52.7 Å². The van der Waals surface area contributed by atoms with Crippen LogP contribution in [0.25, 0.3) is 0 Å². The highest BCUT2D eigenvalue weighted by Gasteiger charge is 2.20. The molecule has 8 heteroatoms. The molecule has 0 aliphatic heterocycles. The van der Waals surface area contributed by atoms with E-state index in [0.29, 0.717) is 17.1 Å². The van der Waals surface area contributed by atoms with Gasteiger partial charge in [0, 0.05) is 5.69 Å². The van der Waals surface area contributed by atoms with Gasteiger partial charge in [-0.2, -0.15) is 0 Å². The molecule has 2 aromatic rings. The average molecular weight is 377 g/mol. The van der Waals surface area contributed by atoms with Gasteiger partial charge in [-0.1, -0.05) is 0 Å². The van der Waals surface area contributed by atoms with E-state index >= 15 is 0 Å². The lowest BCUT2D eigenvalue weighted by molar-refractivity contribution is 0.417. The zero-order valence-electron chi connectivity index (χ0n) is 10.8. The fraction of sp³-hybridized carbons (Fsp3) is 0.167. The maximum absolute atomic E-state index is 12.3. The normalized spacial score (nSPS) is 11.3. The number of anilines is 2. The third-order valence-corrected chi connectivity index (χ3v) is 6.54. The van der Waals surface area contributed by atoms with Crippen LogP contribution in [-0.4, -0.2) is 15.5 Å². The highest BCUT2D eigenvalue weighted by molar-refractivity contribution is 9.11. The van der Waals surface area contributed by atoms with Gasteiger partial charge in [-0.25, -0.2) is 8.42 Å². The molecule has 0 spiro atoms. The van der Waals surface area contributed by atoms with Crippen LogP contribution in [-0.2, 0) is 10.0 Å². The highest BCUT2D eigenvalue weighted by Crippen LogP contribution is 2.34. The lowest BCUT2D eigenvalue weighted by atomic mass is 10.2. The summed E-state index contributed by atoms with van der Waals surface area (Å²) in [4.78, 5) is 0. The molecule has 0 unspecified atom stereocenters. The Bertz CT molecular complexity index is 722. The zero-order chi connectivity index (χ0) is 14.9. The van der Waals surface area contributed by atoms with Crippen LogP contribution in [0.3, 0.4) is 0 Å². The molecule has 20 heavy (non-hydrogen) atoms. The molecular weight excluding hydrogens is 364 g/mol. The van der Waals surface area contributed by atoms with Gasteiger partial charge in [0.05, 0.1) is 16.6 Å². The van der Waals surface area contributed by atoms with Crippen LogP contribution in [0.5, 0.6) is 5.75 Å². The third kappa shape index (κ3) is 3.08. The minimum absolute atomic E-state index is 0.228. The minimum atomic E-state index is -3.66. The van der Waals surface area contributed by atoms with E-state index < -0.39 is 10.0 Å². The molecule has 0 fully saturated rings. The Balaban J connectivity index is 2.40. The number of aryl methyl sites for hydroxylation is 1. The third-order valence-electron chi connectivity index (χ3n) is 2.57. The fourth-order valence-corrected chi connectivity index (χ4v) is 4.85. The molecule has 0 aliphatic rings. The maximum atomic E-state index is 12.3. The molecule has 0 radical (unpaired) electrons. The van der Waals surface area contributed by atoms with Crippen LogP contribution < -0.4 is 15.2 Å². The number of nitrogen functional groups attached to an aromatic ring is 1. The summed E-state index contributed by atoms with van der Waals surface area (Å²) >= 11 is 4.47. The molecule has 0 atom stereocenters. The first kappa shape index (κ1) is 15.1. The van der Waals surface area contributed by atoms with E-state index in [2.05, 4.69) is 20.7 Å². The molecule has 0 aliphatic carbocycles. The monoisotopic (exact) mass is 376 g/mol. The van der Waals surface area contributed by atoms with Gasteiger partial charge in [-0.3, -0.25) is 4.72 Å². The molecule has 0 saturated heterocycles. The molecule has 5 nitrogen and oxygen atoms in total. The lowest BCUT2D eigenvalue weighted by Crippen LogP contribution is -2.12. The summed E-state index contributed by atoms with van der Waals surface area (Å²) in [7, 11) is -2.19. The van der Waals surface area contributed by atoms with Gasteiger partial charge >= 0.3 is 0 Å². The smallest absolute Gasteiger partial charge is 0.271 e. The Hall–Kier alpha value is -1.25. The SMILES string of the molecule is COc1ccc(N)cc1NS(=O)(=O)c1cc(C)c(Br)s1. The highest BCUT2D eigenvalue weighted by atomic mass is 79.9. The number of thiophene rings is 1. The van der Waals surface area contributed by atoms with Gasteiger partial charge in [-0.15, -0.1) is 11.3 Å².